The monoisotopic (exact) mass is 492 g/mol. The zero-order valence-corrected chi connectivity index (χ0v) is 19.0. The number of rotatable bonds is 8. The molecule has 10 heteroatoms. The molecule has 0 saturated heterocycles. The molecule has 2 N–H and O–H groups in total. The van der Waals surface area contributed by atoms with Crippen molar-refractivity contribution in [3.05, 3.63) is 86.1 Å². The molecule has 0 bridgehead atoms. The van der Waals surface area contributed by atoms with Crippen LogP contribution in [0, 0.1) is 12.7 Å². The Bertz CT molecular complexity index is 1310. The predicted octanol–water partition coefficient (Wildman–Crippen LogP) is 4.38. The molecule has 1 aromatic heterocycles. The van der Waals surface area contributed by atoms with Gasteiger partial charge in [-0.25, -0.2) is 4.39 Å². The first-order valence-electron chi connectivity index (χ1n) is 9.71. The fourth-order valence-electron chi connectivity index (χ4n) is 2.90. The van der Waals surface area contributed by atoms with Crippen LogP contribution in [0.2, 0.25) is 10.0 Å². The summed E-state index contributed by atoms with van der Waals surface area (Å²) in [7, 11) is 0. The van der Waals surface area contributed by atoms with Crippen LogP contribution in [0.15, 0.2) is 57.9 Å². The first-order valence-corrected chi connectivity index (χ1v) is 10.5. The maximum Gasteiger partial charge on any atom is 0.291 e. The summed E-state index contributed by atoms with van der Waals surface area (Å²) in [6.45, 7) is 5.29. The van der Waals surface area contributed by atoms with Gasteiger partial charge in [0.15, 0.2) is 17.8 Å². The van der Waals surface area contributed by atoms with E-state index in [0.29, 0.717) is 16.3 Å². The molecule has 0 spiro atoms. The summed E-state index contributed by atoms with van der Waals surface area (Å²) < 4.78 is 24.2. The number of ether oxygens (including phenoxy) is 1. The molecule has 0 radical (unpaired) electrons. The molecule has 0 atom stereocenters. The number of carbonyl (C=O) groups is 2. The summed E-state index contributed by atoms with van der Waals surface area (Å²) in [5, 5.41) is 5.75. The summed E-state index contributed by atoms with van der Waals surface area (Å²) >= 11 is 11.6. The van der Waals surface area contributed by atoms with Crippen molar-refractivity contribution in [3.63, 3.8) is 0 Å². The van der Waals surface area contributed by atoms with E-state index in [4.69, 9.17) is 32.4 Å². The van der Waals surface area contributed by atoms with Gasteiger partial charge < -0.3 is 19.8 Å². The highest BCUT2D eigenvalue weighted by Gasteiger charge is 2.15. The van der Waals surface area contributed by atoms with Gasteiger partial charge in [0.25, 0.3) is 11.8 Å². The van der Waals surface area contributed by atoms with Crippen LogP contribution in [-0.2, 0) is 4.79 Å². The van der Waals surface area contributed by atoms with Gasteiger partial charge in [0.1, 0.15) is 17.1 Å². The van der Waals surface area contributed by atoms with E-state index in [2.05, 4.69) is 17.2 Å². The van der Waals surface area contributed by atoms with Gasteiger partial charge in [-0.15, -0.1) is 0 Å². The average Bonchev–Trinajstić information content (AvgIpc) is 2.75. The number of carbonyl (C=O) groups excluding carboxylic acids is 2. The number of benzene rings is 2. The van der Waals surface area contributed by atoms with E-state index in [-0.39, 0.29) is 47.1 Å². The van der Waals surface area contributed by atoms with Crippen LogP contribution in [0.5, 0.6) is 5.75 Å². The van der Waals surface area contributed by atoms with Gasteiger partial charge >= 0.3 is 0 Å². The minimum atomic E-state index is -0.650. The minimum absolute atomic E-state index is 0.0464. The molecule has 0 aliphatic rings. The highest BCUT2D eigenvalue weighted by Crippen LogP contribution is 2.22. The van der Waals surface area contributed by atoms with Crippen LogP contribution < -0.4 is 20.8 Å². The van der Waals surface area contributed by atoms with Gasteiger partial charge in [0.05, 0.1) is 10.4 Å². The summed E-state index contributed by atoms with van der Waals surface area (Å²) in [6.07, 6.45) is 0.222. The van der Waals surface area contributed by atoms with Crippen LogP contribution >= 0.6 is 23.2 Å². The third-order valence-electron chi connectivity index (χ3n) is 4.50. The lowest BCUT2D eigenvalue weighted by Gasteiger charge is -2.11. The van der Waals surface area contributed by atoms with Crippen molar-refractivity contribution in [1.29, 1.82) is 0 Å². The van der Waals surface area contributed by atoms with Crippen LogP contribution in [0.3, 0.4) is 0 Å². The standard InChI is InChI=1S/C23H19Cl2FN2O5/c1-12-7-14(24)8-16-19(29)10-20(33-22(12)16)23(31)28-13(2)5-6-27-21(30)11-32-15-3-4-17(25)18(26)9-15/h3-4,7-10H,2,5-6,11H2,1H3,(H,27,30)(H,28,31). The molecule has 0 aliphatic heterocycles. The topological polar surface area (TPSA) is 97.6 Å². The first kappa shape index (κ1) is 24.3. The summed E-state index contributed by atoms with van der Waals surface area (Å²) in [5.41, 5.74) is 0.798. The van der Waals surface area contributed by atoms with E-state index in [1.165, 1.54) is 18.2 Å². The maximum absolute atomic E-state index is 13.4. The van der Waals surface area contributed by atoms with Crippen LogP contribution in [0.1, 0.15) is 22.5 Å². The van der Waals surface area contributed by atoms with E-state index >= 15 is 0 Å². The van der Waals surface area contributed by atoms with Crippen molar-refractivity contribution in [1.82, 2.24) is 10.6 Å². The van der Waals surface area contributed by atoms with E-state index in [1.807, 2.05) is 0 Å². The fourth-order valence-corrected chi connectivity index (χ4v) is 3.29. The second-order valence-electron chi connectivity index (χ2n) is 7.10. The molecule has 3 rings (SSSR count). The third-order valence-corrected chi connectivity index (χ3v) is 5.03. The van der Waals surface area contributed by atoms with Crippen LogP contribution in [0.25, 0.3) is 11.0 Å². The quantitative estimate of drug-likeness (QED) is 0.486. The van der Waals surface area contributed by atoms with Gasteiger partial charge in [-0.3, -0.25) is 14.4 Å². The van der Waals surface area contributed by atoms with E-state index in [9.17, 15) is 18.8 Å². The number of fused-ring (bicyclic) bond motifs is 1. The molecule has 33 heavy (non-hydrogen) atoms. The SMILES string of the molecule is C=C(CCNC(=O)COc1ccc(Cl)c(F)c1)NC(=O)c1cc(=O)c2cc(Cl)cc(C)c2o1. The second kappa shape index (κ2) is 10.5. The molecule has 0 fully saturated rings. The van der Waals surface area contributed by atoms with Crippen molar-refractivity contribution in [3.8, 4) is 5.75 Å². The summed E-state index contributed by atoms with van der Waals surface area (Å²) in [5.74, 6) is -1.75. The number of aryl methyl sites for hydroxylation is 1. The zero-order valence-electron chi connectivity index (χ0n) is 17.5. The molecule has 2 aromatic carbocycles. The molecule has 3 aromatic rings. The maximum atomic E-state index is 13.4. The molecule has 0 aliphatic carbocycles. The molecule has 2 amide bonds. The summed E-state index contributed by atoms with van der Waals surface area (Å²) in [6, 6.07) is 8.03. The number of hydrogen-bond acceptors (Lipinski definition) is 5. The van der Waals surface area contributed by atoms with Gasteiger partial charge in [0, 0.05) is 35.8 Å². The number of hydrogen-bond donors (Lipinski definition) is 2. The fraction of sp³-hybridized carbons (Fsp3) is 0.174. The molecular weight excluding hydrogens is 474 g/mol. The Kier molecular flexibility index (Phi) is 7.73. The van der Waals surface area contributed by atoms with Crippen LogP contribution in [-0.4, -0.2) is 25.0 Å². The Labute approximate surface area is 198 Å². The second-order valence-corrected chi connectivity index (χ2v) is 7.94. The van der Waals surface area contributed by atoms with Crippen molar-refractivity contribution >= 4 is 46.0 Å². The van der Waals surface area contributed by atoms with Gasteiger partial charge in [-0.2, -0.15) is 0 Å². The smallest absolute Gasteiger partial charge is 0.291 e. The molecule has 1 heterocycles. The molecule has 0 unspecified atom stereocenters. The highest BCUT2D eigenvalue weighted by molar-refractivity contribution is 6.31. The lowest BCUT2D eigenvalue weighted by Crippen LogP contribution is -2.31. The number of halogens is 3. The van der Waals surface area contributed by atoms with Crippen molar-refractivity contribution in [2.75, 3.05) is 13.2 Å². The predicted molar refractivity (Wildman–Crippen MR) is 123 cm³/mol. The largest absolute Gasteiger partial charge is 0.484 e. The molecule has 7 nitrogen and oxygen atoms in total. The Balaban J connectivity index is 1.49. The number of amides is 2. The lowest BCUT2D eigenvalue weighted by atomic mass is 10.1. The van der Waals surface area contributed by atoms with Crippen molar-refractivity contribution in [2.24, 2.45) is 0 Å². The lowest BCUT2D eigenvalue weighted by molar-refractivity contribution is -0.123. The van der Waals surface area contributed by atoms with Gasteiger partial charge in [-0.1, -0.05) is 29.8 Å². The van der Waals surface area contributed by atoms with Crippen molar-refractivity contribution < 1.29 is 23.1 Å². The molecule has 172 valence electrons. The van der Waals surface area contributed by atoms with Crippen molar-refractivity contribution in [2.45, 2.75) is 13.3 Å². The normalized spacial score (nSPS) is 10.7. The van der Waals surface area contributed by atoms with E-state index < -0.39 is 23.1 Å². The third kappa shape index (κ3) is 6.34. The summed E-state index contributed by atoms with van der Waals surface area (Å²) in [4.78, 5) is 36.7. The molecule has 0 saturated carbocycles. The Hall–Kier alpha value is -3.36. The minimum Gasteiger partial charge on any atom is -0.484 e. The highest BCUT2D eigenvalue weighted by atomic mass is 35.5. The van der Waals surface area contributed by atoms with Gasteiger partial charge in [-0.05, 0) is 36.8 Å². The van der Waals surface area contributed by atoms with E-state index in [1.54, 1.807) is 13.0 Å². The number of nitrogens with one attached hydrogen (secondary N) is 2. The van der Waals surface area contributed by atoms with E-state index in [0.717, 1.165) is 12.1 Å². The average molecular weight is 493 g/mol. The Morgan fingerprint density at radius 3 is 2.67 bits per heavy atom. The first-order chi connectivity index (χ1) is 15.6. The molecular formula is C23H19Cl2FN2O5. The Morgan fingerprint density at radius 1 is 1.18 bits per heavy atom. The Morgan fingerprint density at radius 2 is 1.94 bits per heavy atom. The van der Waals surface area contributed by atoms with Gasteiger partial charge in [0.2, 0.25) is 0 Å². The zero-order chi connectivity index (χ0) is 24.1. The van der Waals surface area contributed by atoms with Crippen LogP contribution in [0.4, 0.5) is 4.39 Å².